The van der Waals surface area contributed by atoms with Crippen molar-refractivity contribution in [2.24, 2.45) is 0 Å². The number of aryl methyl sites for hydroxylation is 1. The molecule has 0 spiro atoms. The van der Waals surface area contributed by atoms with Crippen LogP contribution >= 0.6 is 0 Å². The topological polar surface area (TPSA) is 12.0 Å². The molecule has 80 valence electrons. The number of rotatable bonds is 4. The van der Waals surface area contributed by atoms with Crippen molar-refractivity contribution >= 4 is 6.08 Å². The van der Waals surface area contributed by atoms with Crippen molar-refractivity contribution in [3.8, 4) is 0 Å². The fraction of sp³-hybridized carbons (Fsp3) is 0.429. The van der Waals surface area contributed by atoms with Crippen LogP contribution in [0.4, 0.5) is 0 Å². The standard InChI is InChI=1S/C14H19N/c1-11(10-15-14-7-8-14)9-13-6-4-3-5-12(13)2/h3-6,9,14-15H,7-8,10H2,1-2H3. The Hall–Kier alpha value is -1.08. The van der Waals surface area contributed by atoms with E-state index in [0.29, 0.717) is 0 Å². The molecule has 0 heterocycles. The van der Waals surface area contributed by atoms with E-state index in [1.807, 2.05) is 0 Å². The van der Waals surface area contributed by atoms with Gasteiger partial charge in [0.2, 0.25) is 0 Å². The van der Waals surface area contributed by atoms with Crippen molar-refractivity contribution in [2.45, 2.75) is 32.7 Å². The van der Waals surface area contributed by atoms with E-state index in [1.165, 1.54) is 29.5 Å². The Morgan fingerprint density at radius 3 is 2.80 bits per heavy atom. The second-order valence-electron chi connectivity index (χ2n) is 4.50. The lowest BCUT2D eigenvalue weighted by atomic mass is 10.1. The van der Waals surface area contributed by atoms with E-state index >= 15 is 0 Å². The SMILES string of the molecule is CC(=Cc1ccccc1C)CNC1CC1. The Balaban J connectivity index is 1.97. The van der Waals surface area contributed by atoms with Crippen molar-refractivity contribution in [1.82, 2.24) is 5.32 Å². The largest absolute Gasteiger partial charge is 0.310 e. The second-order valence-corrected chi connectivity index (χ2v) is 4.50. The van der Waals surface area contributed by atoms with Crippen LogP contribution in [0.5, 0.6) is 0 Å². The molecule has 1 saturated carbocycles. The van der Waals surface area contributed by atoms with E-state index in [4.69, 9.17) is 0 Å². The van der Waals surface area contributed by atoms with E-state index in [0.717, 1.165) is 12.6 Å². The van der Waals surface area contributed by atoms with Gasteiger partial charge in [-0.05, 0) is 37.8 Å². The maximum Gasteiger partial charge on any atom is 0.0167 e. The Morgan fingerprint density at radius 2 is 2.13 bits per heavy atom. The summed E-state index contributed by atoms with van der Waals surface area (Å²) in [6.07, 6.45) is 5.00. The summed E-state index contributed by atoms with van der Waals surface area (Å²) in [5.41, 5.74) is 4.10. The van der Waals surface area contributed by atoms with Crippen molar-refractivity contribution in [3.63, 3.8) is 0 Å². The number of hydrogen-bond donors (Lipinski definition) is 1. The summed E-state index contributed by atoms with van der Waals surface area (Å²) in [5, 5.41) is 3.53. The van der Waals surface area contributed by atoms with Gasteiger partial charge in [-0.3, -0.25) is 0 Å². The van der Waals surface area contributed by atoms with Gasteiger partial charge in [0, 0.05) is 12.6 Å². The summed E-state index contributed by atoms with van der Waals surface area (Å²) >= 11 is 0. The molecule has 1 aromatic rings. The fourth-order valence-electron chi connectivity index (χ4n) is 1.66. The highest BCUT2D eigenvalue weighted by Crippen LogP contribution is 2.19. The lowest BCUT2D eigenvalue weighted by Gasteiger charge is -2.04. The van der Waals surface area contributed by atoms with Gasteiger partial charge in [-0.1, -0.05) is 35.9 Å². The molecule has 1 nitrogen and oxygen atoms in total. The van der Waals surface area contributed by atoms with Crippen LogP contribution in [0.1, 0.15) is 30.9 Å². The van der Waals surface area contributed by atoms with E-state index in [2.05, 4.69) is 49.5 Å². The average Bonchev–Trinajstić information content (AvgIpc) is 3.02. The molecule has 0 saturated heterocycles. The van der Waals surface area contributed by atoms with Gasteiger partial charge in [0.05, 0.1) is 0 Å². The molecule has 0 atom stereocenters. The predicted molar refractivity (Wildman–Crippen MR) is 65.9 cm³/mol. The monoisotopic (exact) mass is 201 g/mol. The van der Waals surface area contributed by atoms with Crippen LogP contribution in [-0.4, -0.2) is 12.6 Å². The lowest BCUT2D eigenvalue weighted by Crippen LogP contribution is -2.18. The van der Waals surface area contributed by atoms with E-state index in [9.17, 15) is 0 Å². The molecule has 1 heteroatoms. The van der Waals surface area contributed by atoms with Gasteiger partial charge in [-0.25, -0.2) is 0 Å². The molecule has 0 aliphatic heterocycles. The van der Waals surface area contributed by atoms with Crippen LogP contribution in [-0.2, 0) is 0 Å². The first-order valence-electron chi connectivity index (χ1n) is 5.72. The first-order chi connectivity index (χ1) is 7.25. The van der Waals surface area contributed by atoms with Gasteiger partial charge in [0.25, 0.3) is 0 Å². The van der Waals surface area contributed by atoms with E-state index in [1.54, 1.807) is 0 Å². The van der Waals surface area contributed by atoms with Crippen LogP contribution in [0, 0.1) is 6.92 Å². The molecule has 1 aromatic carbocycles. The van der Waals surface area contributed by atoms with E-state index < -0.39 is 0 Å². The third kappa shape index (κ3) is 3.21. The third-order valence-electron chi connectivity index (χ3n) is 2.84. The Kier molecular flexibility index (Phi) is 3.22. The minimum Gasteiger partial charge on any atom is -0.310 e. The number of nitrogens with one attached hydrogen (secondary N) is 1. The molecule has 1 aliphatic carbocycles. The summed E-state index contributed by atoms with van der Waals surface area (Å²) in [6.45, 7) is 5.38. The summed E-state index contributed by atoms with van der Waals surface area (Å²) in [4.78, 5) is 0. The molecule has 0 aromatic heterocycles. The minimum atomic E-state index is 0.797. The molecule has 1 aliphatic rings. The zero-order valence-corrected chi connectivity index (χ0v) is 9.59. The zero-order valence-electron chi connectivity index (χ0n) is 9.59. The molecular weight excluding hydrogens is 182 g/mol. The summed E-state index contributed by atoms with van der Waals surface area (Å²) in [5.74, 6) is 0. The molecule has 0 radical (unpaired) electrons. The molecule has 0 unspecified atom stereocenters. The molecule has 15 heavy (non-hydrogen) atoms. The molecule has 2 rings (SSSR count). The van der Waals surface area contributed by atoms with E-state index in [-0.39, 0.29) is 0 Å². The van der Waals surface area contributed by atoms with Crippen molar-refractivity contribution in [2.75, 3.05) is 6.54 Å². The molecule has 0 bridgehead atoms. The summed E-state index contributed by atoms with van der Waals surface area (Å²) in [7, 11) is 0. The Morgan fingerprint density at radius 1 is 1.40 bits per heavy atom. The van der Waals surface area contributed by atoms with Crippen LogP contribution in [0.25, 0.3) is 6.08 Å². The number of hydrogen-bond acceptors (Lipinski definition) is 1. The number of benzene rings is 1. The van der Waals surface area contributed by atoms with Gasteiger partial charge in [-0.15, -0.1) is 0 Å². The first-order valence-corrected chi connectivity index (χ1v) is 5.72. The summed E-state index contributed by atoms with van der Waals surface area (Å²) < 4.78 is 0. The Bertz CT molecular complexity index is 361. The summed E-state index contributed by atoms with van der Waals surface area (Å²) in [6, 6.07) is 9.32. The highest BCUT2D eigenvalue weighted by molar-refractivity contribution is 5.56. The molecule has 0 amide bonds. The molecule has 1 fully saturated rings. The minimum absolute atomic E-state index is 0.797. The van der Waals surface area contributed by atoms with Gasteiger partial charge in [0.15, 0.2) is 0 Å². The quantitative estimate of drug-likeness (QED) is 0.789. The molecule has 1 N–H and O–H groups in total. The maximum atomic E-state index is 3.53. The predicted octanol–water partition coefficient (Wildman–Crippen LogP) is 3.15. The van der Waals surface area contributed by atoms with Gasteiger partial charge in [0.1, 0.15) is 0 Å². The van der Waals surface area contributed by atoms with Gasteiger partial charge < -0.3 is 5.32 Å². The first kappa shape index (κ1) is 10.4. The normalized spacial score (nSPS) is 16.8. The van der Waals surface area contributed by atoms with Crippen LogP contribution in [0.3, 0.4) is 0 Å². The fourth-order valence-corrected chi connectivity index (χ4v) is 1.66. The second kappa shape index (κ2) is 4.63. The van der Waals surface area contributed by atoms with Crippen LogP contribution in [0.15, 0.2) is 29.8 Å². The van der Waals surface area contributed by atoms with Crippen molar-refractivity contribution in [1.29, 1.82) is 0 Å². The average molecular weight is 201 g/mol. The highest BCUT2D eigenvalue weighted by atomic mass is 14.9. The van der Waals surface area contributed by atoms with Gasteiger partial charge >= 0.3 is 0 Å². The van der Waals surface area contributed by atoms with Crippen molar-refractivity contribution < 1.29 is 0 Å². The lowest BCUT2D eigenvalue weighted by molar-refractivity contribution is 0.736. The zero-order chi connectivity index (χ0) is 10.7. The van der Waals surface area contributed by atoms with Crippen molar-refractivity contribution in [3.05, 3.63) is 41.0 Å². The van der Waals surface area contributed by atoms with Gasteiger partial charge in [-0.2, -0.15) is 0 Å². The molecular formula is C14H19N. The third-order valence-corrected chi connectivity index (χ3v) is 2.84. The smallest absolute Gasteiger partial charge is 0.0167 e. The van der Waals surface area contributed by atoms with Crippen LogP contribution < -0.4 is 5.32 Å². The van der Waals surface area contributed by atoms with Crippen LogP contribution in [0.2, 0.25) is 0 Å². The Labute approximate surface area is 92.2 Å². The highest BCUT2D eigenvalue weighted by Gasteiger charge is 2.19. The maximum absolute atomic E-state index is 3.53.